The van der Waals surface area contributed by atoms with Gasteiger partial charge in [0.25, 0.3) is 11.6 Å². The molecule has 0 unspecified atom stereocenters. The van der Waals surface area contributed by atoms with E-state index >= 15 is 0 Å². The Bertz CT molecular complexity index is 973. The van der Waals surface area contributed by atoms with E-state index in [2.05, 4.69) is 16.0 Å². The van der Waals surface area contributed by atoms with E-state index in [0.29, 0.717) is 11.4 Å². The standard InChI is InChI=1S/C21H22N4O4S/c26-19(14-7-2-1-3-8-14)22-15-9-6-10-16(13-15)23-21(30)24-20(27)17-11-4-5-12-18(17)25(28)29/h4-6,9-14H,1-3,7-8H2,(H,22,26)(H2,23,24,27,30). The summed E-state index contributed by atoms with van der Waals surface area (Å²) in [5.41, 5.74) is 0.818. The van der Waals surface area contributed by atoms with E-state index in [1.807, 2.05) is 0 Å². The number of benzene rings is 2. The first-order valence-corrected chi connectivity index (χ1v) is 10.1. The number of thiocarbonyl (C=S) groups is 1. The fourth-order valence-electron chi connectivity index (χ4n) is 3.44. The third-order valence-electron chi connectivity index (χ3n) is 4.94. The number of carbonyl (C=O) groups is 2. The highest BCUT2D eigenvalue weighted by atomic mass is 32.1. The van der Waals surface area contributed by atoms with Crippen LogP contribution in [0, 0.1) is 16.0 Å². The molecule has 3 N–H and O–H groups in total. The van der Waals surface area contributed by atoms with Crippen LogP contribution in [-0.4, -0.2) is 21.9 Å². The lowest BCUT2D eigenvalue weighted by Crippen LogP contribution is -2.34. The van der Waals surface area contributed by atoms with Gasteiger partial charge in [-0.15, -0.1) is 0 Å². The Balaban J connectivity index is 1.60. The van der Waals surface area contributed by atoms with Crippen molar-refractivity contribution < 1.29 is 14.5 Å². The van der Waals surface area contributed by atoms with Crippen molar-refractivity contribution in [3.8, 4) is 0 Å². The summed E-state index contributed by atoms with van der Waals surface area (Å²) in [5, 5.41) is 19.3. The normalized spacial score (nSPS) is 13.9. The quantitative estimate of drug-likeness (QED) is 0.374. The second kappa shape index (κ2) is 9.93. The highest BCUT2D eigenvalue weighted by molar-refractivity contribution is 7.80. The largest absolute Gasteiger partial charge is 0.332 e. The average molecular weight is 426 g/mol. The molecule has 2 amide bonds. The Labute approximate surface area is 179 Å². The lowest BCUT2D eigenvalue weighted by atomic mass is 9.88. The summed E-state index contributed by atoms with van der Waals surface area (Å²) in [5.74, 6) is -0.627. The molecule has 0 aromatic heterocycles. The van der Waals surface area contributed by atoms with E-state index in [4.69, 9.17) is 12.2 Å². The third-order valence-corrected chi connectivity index (χ3v) is 5.14. The Kier molecular flexibility index (Phi) is 7.08. The smallest absolute Gasteiger partial charge is 0.282 e. The predicted molar refractivity (Wildman–Crippen MR) is 118 cm³/mol. The SMILES string of the molecule is O=C(NC(=S)Nc1cccc(NC(=O)C2CCCCC2)c1)c1ccccc1[N+](=O)[O-]. The summed E-state index contributed by atoms with van der Waals surface area (Å²) >= 11 is 5.15. The first-order valence-electron chi connectivity index (χ1n) is 9.71. The van der Waals surface area contributed by atoms with Gasteiger partial charge >= 0.3 is 0 Å². The molecule has 0 saturated heterocycles. The molecule has 0 atom stereocenters. The van der Waals surface area contributed by atoms with Gasteiger partial charge in [0.15, 0.2) is 5.11 Å². The van der Waals surface area contributed by atoms with Crippen molar-refractivity contribution in [3.63, 3.8) is 0 Å². The number of nitrogens with zero attached hydrogens (tertiary/aromatic N) is 1. The van der Waals surface area contributed by atoms with Gasteiger partial charge in [-0.05, 0) is 49.3 Å². The first kappa shape index (κ1) is 21.4. The number of amides is 2. The van der Waals surface area contributed by atoms with Crippen LogP contribution in [0.5, 0.6) is 0 Å². The summed E-state index contributed by atoms with van der Waals surface area (Å²) in [4.78, 5) is 35.2. The van der Waals surface area contributed by atoms with Gasteiger partial charge in [0.05, 0.1) is 4.92 Å². The van der Waals surface area contributed by atoms with Gasteiger partial charge in [-0.3, -0.25) is 25.0 Å². The minimum Gasteiger partial charge on any atom is -0.332 e. The topological polar surface area (TPSA) is 113 Å². The summed E-state index contributed by atoms with van der Waals surface area (Å²) in [7, 11) is 0. The van der Waals surface area contributed by atoms with Crippen LogP contribution in [0.2, 0.25) is 0 Å². The molecule has 1 aliphatic carbocycles. The Morgan fingerprint density at radius 3 is 2.33 bits per heavy atom. The molecule has 0 radical (unpaired) electrons. The summed E-state index contributed by atoms with van der Waals surface area (Å²) in [6.45, 7) is 0. The number of hydrogen-bond acceptors (Lipinski definition) is 5. The van der Waals surface area contributed by atoms with Crippen LogP contribution in [-0.2, 0) is 4.79 Å². The molecule has 1 fully saturated rings. The van der Waals surface area contributed by atoms with Crippen LogP contribution in [0.25, 0.3) is 0 Å². The number of hydrogen-bond donors (Lipinski definition) is 3. The van der Waals surface area contributed by atoms with Crippen molar-refractivity contribution in [2.24, 2.45) is 5.92 Å². The van der Waals surface area contributed by atoms with E-state index in [9.17, 15) is 19.7 Å². The predicted octanol–water partition coefficient (Wildman–Crippen LogP) is 4.24. The van der Waals surface area contributed by atoms with Crippen molar-refractivity contribution >= 4 is 46.2 Å². The molecule has 0 spiro atoms. The second-order valence-corrected chi connectivity index (χ2v) is 7.50. The maximum atomic E-state index is 12.4. The van der Waals surface area contributed by atoms with Crippen LogP contribution < -0.4 is 16.0 Å². The fraction of sp³-hybridized carbons (Fsp3) is 0.286. The number of nitro benzene ring substituents is 1. The fourth-order valence-corrected chi connectivity index (χ4v) is 3.65. The monoisotopic (exact) mass is 426 g/mol. The maximum Gasteiger partial charge on any atom is 0.282 e. The molecule has 0 bridgehead atoms. The number of anilines is 2. The number of nitrogens with one attached hydrogen (secondary N) is 3. The molecular weight excluding hydrogens is 404 g/mol. The molecule has 3 rings (SSSR count). The van der Waals surface area contributed by atoms with Crippen LogP contribution in [0.1, 0.15) is 42.5 Å². The number of para-hydroxylation sites is 1. The van der Waals surface area contributed by atoms with Crippen LogP contribution >= 0.6 is 12.2 Å². The molecule has 9 heteroatoms. The van der Waals surface area contributed by atoms with Gasteiger partial charge in [-0.2, -0.15) is 0 Å². The van der Waals surface area contributed by atoms with Crippen LogP contribution in [0.4, 0.5) is 17.1 Å². The van der Waals surface area contributed by atoms with Crippen molar-refractivity contribution in [2.45, 2.75) is 32.1 Å². The lowest BCUT2D eigenvalue weighted by molar-refractivity contribution is -0.385. The molecule has 0 heterocycles. The molecule has 156 valence electrons. The summed E-state index contributed by atoms with van der Waals surface area (Å²) in [6.07, 6.45) is 5.15. The van der Waals surface area contributed by atoms with E-state index in [-0.39, 0.29) is 28.2 Å². The van der Waals surface area contributed by atoms with Gasteiger partial charge in [-0.1, -0.05) is 37.5 Å². The van der Waals surface area contributed by atoms with Gasteiger partial charge < -0.3 is 10.6 Å². The van der Waals surface area contributed by atoms with Crippen molar-refractivity contribution in [1.29, 1.82) is 0 Å². The zero-order valence-electron chi connectivity index (χ0n) is 16.2. The van der Waals surface area contributed by atoms with Gasteiger partial charge in [-0.25, -0.2) is 0 Å². The molecule has 30 heavy (non-hydrogen) atoms. The molecule has 1 aliphatic rings. The molecule has 2 aromatic carbocycles. The van der Waals surface area contributed by atoms with Crippen molar-refractivity contribution in [2.75, 3.05) is 10.6 Å². The van der Waals surface area contributed by atoms with E-state index in [1.165, 1.54) is 30.7 Å². The summed E-state index contributed by atoms with van der Waals surface area (Å²) in [6, 6.07) is 12.6. The zero-order valence-corrected chi connectivity index (χ0v) is 17.0. The minimum atomic E-state index is -0.679. The van der Waals surface area contributed by atoms with Gasteiger partial charge in [0.1, 0.15) is 5.56 Å². The third kappa shape index (κ3) is 5.60. The average Bonchev–Trinajstić information content (AvgIpc) is 2.74. The molecule has 2 aromatic rings. The first-order chi connectivity index (χ1) is 14.4. The molecular formula is C21H22N4O4S. The number of carbonyl (C=O) groups excluding carboxylic acids is 2. The zero-order chi connectivity index (χ0) is 21.5. The summed E-state index contributed by atoms with van der Waals surface area (Å²) < 4.78 is 0. The molecule has 1 saturated carbocycles. The van der Waals surface area contributed by atoms with Crippen molar-refractivity contribution in [1.82, 2.24) is 5.32 Å². The Morgan fingerprint density at radius 1 is 0.967 bits per heavy atom. The molecule has 8 nitrogen and oxygen atoms in total. The Morgan fingerprint density at radius 2 is 1.63 bits per heavy atom. The molecule has 0 aliphatic heterocycles. The highest BCUT2D eigenvalue weighted by Gasteiger charge is 2.22. The van der Waals surface area contributed by atoms with Crippen molar-refractivity contribution in [3.05, 3.63) is 64.2 Å². The van der Waals surface area contributed by atoms with E-state index in [0.717, 1.165) is 25.7 Å². The van der Waals surface area contributed by atoms with E-state index in [1.54, 1.807) is 24.3 Å². The second-order valence-electron chi connectivity index (χ2n) is 7.09. The Hall–Kier alpha value is -3.33. The van der Waals surface area contributed by atoms with E-state index < -0.39 is 10.8 Å². The number of nitro groups is 1. The van der Waals surface area contributed by atoms with Crippen LogP contribution in [0.3, 0.4) is 0 Å². The maximum absolute atomic E-state index is 12.4. The lowest BCUT2D eigenvalue weighted by Gasteiger charge is -2.21. The highest BCUT2D eigenvalue weighted by Crippen LogP contribution is 2.25. The van der Waals surface area contributed by atoms with Gasteiger partial charge in [0.2, 0.25) is 5.91 Å². The van der Waals surface area contributed by atoms with Crippen LogP contribution in [0.15, 0.2) is 48.5 Å². The minimum absolute atomic E-state index is 0.00564. The van der Waals surface area contributed by atoms with Gasteiger partial charge in [0, 0.05) is 23.4 Å². The number of rotatable bonds is 5.